The third-order valence-electron chi connectivity index (χ3n) is 4.34. The van der Waals surface area contributed by atoms with Crippen LogP contribution in [0.15, 0.2) is 54.6 Å². The van der Waals surface area contributed by atoms with Gasteiger partial charge in [0.25, 0.3) is 0 Å². The molecule has 2 N–H and O–H groups in total. The maximum atomic E-state index is 9.44. The Balaban J connectivity index is 1.65. The first-order valence-corrected chi connectivity index (χ1v) is 7.32. The summed E-state index contributed by atoms with van der Waals surface area (Å²) in [6.07, 6.45) is 3.40. The molecule has 0 aromatic heterocycles. The van der Waals surface area contributed by atoms with Crippen molar-refractivity contribution < 1.29 is 5.11 Å². The van der Waals surface area contributed by atoms with E-state index in [4.69, 9.17) is 0 Å². The molecule has 0 atom stereocenters. The van der Waals surface area contributed by atoms with Crippen molar-refractivity contribution in [3.8, 4) is 11.1 Å². The molecule has 0 heterocycles. The monoisotopic (exact) mass is 267 g/mol. The van der Waals surface area contributed by atoms with Gasteiger partial charge in [-0.25, -0.2) is 0 Å². The van der Waals surface area contributed by atoms with Crippen LogP contribution in [0.2, 0.25) is 0 Å². The van der Waals surface area contributed by atoms with E-state index in [2.05, 4.69) is 53.8 Å². The molecule has 0 amide bonds. The minimum atomic E-state index is -0.0158. The van der Waals surface area contributed by atoms with E-state index in [1.807, 2.05) is 6.07 Å². The third-order valence-corrected chi connectivity index (χ3v) is 4.34. The van der Waals surface area contributed by atoms with Crippen LogP contribution in [-0.2, 0) is 6.54 Å². The molecular weight excluding hydrogens is 246 g/mol. The molecule has 1 saturated carbocycles. The van der Waals surface area contributed by atoms with Crippen molar-refractivity contribution in [1.82, 2.24) is 5.32 Å². The topological polar surface area (TPSA) is 32.3 Å². The molecule has 20 heavy (non-hydrogen) atoms. The van der Waals surface area contributed by atoms with Crippen molar-refractivity contribution in [3.05, 3.63) is 60.2 Å². The molecule has 0 saturated heterocycles. The van der Waals surface area contributed by atoms with Gasteiger partial charge in [-0.1, -0.05) is 54.6 Å². The summed E-state index contributed by atoms with van der Waals surface area (Å²) in [7, 11) is 0. The zero-order chi connectivity index (χ0) is 13.8. The van der Waals surface area contributed by atoms with Gasteiger partial charge < -0.3 is 10.4 Å². The number of hydrogen-bond donors (Lipinski definition) is 2. The molecule has 2 aromatic carbocycles. The Morgan fingerprint density at radius 2 is 1.55 bits per heavy atom. The Labute approximate surface area is 120 Å². The normalized spacial score (nSPS) is 16.6. The first-order valence-electron chi connectivity index (χ1n) is 7.32. The number of nitrogens with one attached hydrogen (secondary N) is 1. The highest BCUT2D eigenvalue weighted by Gasteiger charge is 2.35. The zero-order valence-electron chi connectivity index (χ0n) is 11.7. The van der Waals surface area contributed by atoms with Gasteiger partial charge in [0.05, 0.1) is 6.61 Å². The van der Waals surface area contributed by atoms with Gasteiger partial charge in [-0.3, -0.25) is 0 Å². The molecule has 2 heteroatoms. The van der Waals surface area contributed by atoms with Crippen LogP contribution >= 0.6 is 0 Å². The Kier molecular flexibility index (Phi) is 3.86. The number of aliphatic hydroxyl groups is 1. The van der Waals surface area contributed by atoms with Crippen LogP contribution in [0.3, 0.4) is 0 Å². The molecule has 0 unspecified atom stereocenters. The highest BCUT2D eigenvalue weighted by atomic mass is 16.3. The van der Waals surface area contributed by atoms with Crippen molar-refractivity contribution in [2.75, 3.05) is 6.61 Å². The molecular formula is C18H21NO. The fraction of sp³-hybridized carbons (Fsp3) is 0.333. The molecule has 0 bridgehead atoms. The number of aliphatic hydroxyl groups excluding tert-OH is 1. The molecule has 0 spiro atoms. The van der Waals surface area contributed by atoms with Crippen molar-refractivity contribution in [2.24, 2.45) is 0 Å². The van der Waals surface area contributed by atoms with Crippen LogP contribution in [0.5, 0.6) is 0 Å². The maximum Gasteiger partial charge on any atom is 0.0613 e. The van der Waals surface area contributed by atoms with Gasteiger partial charge >= 0.3 is 0 Å². The molecule has 1 aliphatic carbocycles. The van der Waals surface area contributed by atoms with E-state index in [-0.39, 0.29) is 12.1 Å². The van der Waals surface area contributed by atoms with Crippen LogP contribution in [0.4, 0.5) is 0 Å². The molecule has 3 rings (SSSR count). The lowest BCUT2D eigenvalue weighted by atomic mass is 9.77. The second-order valence-electron chi connectivity index (χ2n) is 5.71. The van der Waals surface area contributed by atoms with Gasteiger partial charge in [0.1, 0.15) is 0 Å². The number of hydrogen-bond acceptors (Lipinski definition) is 2. The molecule has 1 aliphatic rings. The van der Waals surface area contributed by atoms with Gasteiger partial charge in [-0.2, -0.15) is 0 Å². The standard InChI is InChI=1S/C18H21NO/c20-14-18(11-4-12-18)19-13-15-7-9-17(10-8-15)16-5-2-1-3-6-16/h1-3,5-10,19-20H,4,11-14H2. The average molecular weight is 267 g/mol. The van der Waals surface area contributed by atoms with Gasteiger partial charge in [0, 0.05) is 12.1 Å². The molecule has 0 aliphatic heterocycles. The van der Waals surface area contributed by atoms with E-state index in [9.17, 15) is 5.11 Å². The summed E-state index contributed by atoms with van der Waals surface area (Å²) in [5, 5.41) is 13.0. The lowest BCUT2D eigenvalue weighted by Crippen LogP contribution is -2.53. The van der Waals surface area contributed by atoms with Crippen LogP contribution in [-0.4, -0.2) is 17.3 Å². The first kappa shape index (κ1) is 13.3. The van der Waals surface area contributed by atoms with Crippen molar-refractivity contribution in [2.45, 2.75) is 31.3 Å². The van der Waals surface area contributed by atoms with E-state index in [1.165, 1.54) is 23.1 Å². The van der Waals surface area contributed by atoms with Crippen LogP contribution in [0.25, 0.3) is 11.1 Å². The van der Waals surface area contributed by atoms with E-state index in [1.54, 1.807) is 0 Å². The van der Waals surface area contributed by atoms with E-state index >= 15 is 0 Å². The van der Waals surface area contributed by atoms with Gasteiger partial charge in [-0.15, -0.1) is 0 Å². The Bertz CT molecular complexity index is 538. The fourth-order valence-electron chi connectivity index (χ4n) is 2.73. The van der Waals surface area contributed by atoms with E-state index in [0.29, 0.717) is 0 Å². The summed E-state index contributed by atoms with van der Waals surface area (Å²) < 4.78 is 0. The number of rotatable bonds is 5. The first-order chi connectivity index (χ1) is 9.81. The summed E-state index contributed by atoms with van der Waals surface area (Å²) >= 11 is 0. The molecule has 1 fully saturated rings. The predicted octanol–water partition coefficient (Wildman–Crippen LogP) is 3.36. The largest absolute Gasteiger partial charge is 0.394 e. The second kappa shape index (κ2) is 5.78. The maximum absolute atomic E-state index is 9.44. The molecule has 2 aromatic rings. The van der Waals surface area contributed by atoms with Crippen molar-refractivity contribution >= 4 is 0 Å². The van der Waals surface area contributed by atoms with E-state index < -0.39 is 0 Å². The summed E-state index contributed by atoms with van der Waals surface area (Å²) in [6, 6.07) is 19.1. The lowest BCUT2D eigenvalue weighted by Gasteiger charge is -2.41. The van der Waals surface area contributed by atoms with Gasteiger partial charge in [0.15, 0.2) is 0 Å². The highest BCUT2D eigenvalue weighted by molar-refractivity contribution is 5.63. The Hall–Kier alpha value is -1.64. The summed E-state index contributed by atoms with van der Waals surface area (Å²) in [4.78, 5) is 0. The summed E-state index contributed by atoms with van der Waals surface area (Å²) in [6.45, 7) is 1.07. The smallest absolute Gasteiger partial charge is 0.0613 e. The Morgan fingerprint density at radius 1 is 0.900 bits per heavy atom. The minimum absolute atomic E-state index is 0.0158. The lowest BCUT2D eigenvalue weighted by molar-refractivity contribution is 0.0872. The molecule has 104 valence electrons. The van der Waals surface area contributed by atoms with Crippen LogP contribution in [0.1, 0.15) is 24.8 Å². The quantitative estimate of drug-likeness (QED) is 0.870. The molecule has 0 radical (unpaired) electrons. The minimum Gasteiger partial charge on any atom is -0.394 e. The van der Waals surface area contributed by atoms with Crippen molar-refractivity contribution in [1.29, 1.82) is 0 Å². The summed E-state index contributed by atoms with van der Waals surface area (Å²) in [5.74, 6) is 0. The predicted molar refractivity (Wildman–Crippen MR) is 82.4 cm³/mol. The third kappa shape index (κ3) is 2.77. The number of benzene rings is 2. The summed E-state index contributed by atoms with van der Waals surface area (Å²) in [5.41, 5.74) is 3.75. The zero-order valence-corrected chi connectivity index (χ0v) is 11.7. The van der Waals surface area contributed by atoms with Crippen molar-refractivity contribution in [3.63, 3.8) is 0 Å². The van der Waals surface area contributed by atoms with Crippen LogP contribution < -0.4 is 5.32 Å². The Morgan fingerprint density at radius 3 is 2.10 bits per heavy atom. The van der Waals surface area contributed by atoms with Crippen LogP contribution in [0, 0.1) is 0 Å². The van der Waals surface area contributed by atoms with Gasteiger partial charge in [-0.05, 0) is 36.0 Å². The SMILES string of the molecule is OCC1(NCc2ccc(-c3ccccc3)cc2)CCC1. The van der Waals surface area contributed by atoms with Gasteiger partial charge in [0.2, 0.25) is 0 Å². The molecule has 2 nitrogen and oxygen atoms in total. The van der Waals surface area contributed by atoms with E-state index in [0.717, 1.165) is 19.4 Å². The fourth-order valence-corrected chi connectivity index (χ4v) is 2.73. The average Bonchev–Trinajstić information content (AvgIpc) is 2.48. The second-order valence-corrected chi connectivity index (χ2v) is 5.71. The highest BCUT2D eigenvalue weighted by Crippen LogP contribution is 2.31.